The minimum atomic E-state index is -3.89. The number of allylic oxidation sites excluding steroid dienone is 4. The molecule has 1 fully saturated rings. The molecule has 0 saturated carbocycles. The second kappa shape index (κ2) is 11.5. The lowest BCUT2D eigenvalue weighted by molar-refractivity contribution is 0.0671. The molecule has 0 bridgehead atoms. The molecule has 10 heteroatoms. The summed E-state index contributed by atoms with van der Waals surface area (Å²) < 4.78 is 28.7. The zero-order valence-corrected chi connectivity index (χ0v) is 23.5. The molecular formula is C32H29N5O4S. The van der Waals surface area contributed by atoms with Gasteiger partial charge in [-0.2, -0.15) is 0 Å². The maximum absolute atomic E-state index is 13.1. The fraction of sp³-hybridized carbons (Fsp3) is 0.156. The van der Waals surface area contributed by atoms with Gasteiger partial charge in [0.05, 0.1) is 5.52 Å². The van der Waals surface area contributed by atoms with Gasteiger partial charge >= 0.3 is 6.03 Å². The molecule has 2 N–H and O–H groups in total. The first-order chi connectivity index (χ1) is 20.4. The lowest BCUT2D eigenvalue weighted by atomic mass is 10.1. The Hall–Kier alpha value is -4.96. The van der Waals surface area contributed by atoms with E-state index < -0.39 is 10.0 Å². The summed E-state index contributed by atoms with van der Waals surface area (Å²) in [5.41, 5.74) is 4.28. The van der Waals surface area contributed by atoms with Gasteiger partial charge in [-0.1, -0.05) is 48.6 Å². The van der Waals surface area contributed by atoms with Gasteiger partial charge < -0.3 is 15.1 Å². The van der Waals surface area contributed by atoms with E-state index in [0.717, 1.165) is 23.1 Å². The quantitative estimate of drug-likeness (QED) is 0.319. The number of benzene rings is 3. The van der Waals surface area contributed by atoms with Crippen molar-refractivity contribution in [2.75, 3.05) is 36.2 Å². The molecule has 3 aromatic carbocycles. The van der Waals surface area contributed by atoms with Crippen molar-refractivity contribution < 1.29 is 18.0 Å². The Morgan fingerprint density at radius 1 is 0.786 bits per heavy atom. The molecule has 0 atom stereocenters. The van der Waals surface area contributed by atoms with Crippen molar-refractivity contribution in [2.45, 2.75) is 11.3 Å². The SMILES string of the molecule is O=C(Nc1ccc(C2=CC=CC2)cc1)N1CCN(C(=O)c2ccc(NS(=O)(=O)c3cccc4cccnc34)cc2)CC1. The number of fused-ring (bicyclic) bond motifs is 1. The van der Waals surface area contributed by atoms with E-state index in [2.05, 4.69) is 27.2 Å². The summed E-state index contributed by atoms with van der Waals surface area (Å²) >= 11 is 0. The smallest absolute Gasteiger partial charge is 0.321 e. The fourth-order valence-electron chi connectivity index (χ4n) is 5.11. The van der Waals surface area contributed by atoms with Crippen LogP contribution in [0.2, 0.25) is 0 Å². The minimum absolute atomic E-state index is 0.0824. The van der Waals surface area contributed by atoms with Crippen LogP contribution in [0.5, 0.6) is 0 Å². The maximum Gasteiger partial charge on any atom is 0.321 e. The Bertz CT molecular complexity index is 1800. The lowest BCUT2D eigenvalue weighted by Gasteiger charge is -2.34. The molecular weight excluding hydrogens is 550 g/mol. The van der Waals surface area contributed by atoms with E-state index in [9.17, 15) is 18.0 Å². The van der Waals surface area contributed by atoms with E-state index in [1.54, 1.807) is 64.5 Å². The van der Waals surface area contributed by atoms with Crippen molar-refractivity contribution in [3.63, 3.8) is 0 Å². The number of anilines is 2. The number of para-hydroxylation sites is 1. The number of nitrogens with zero attached hydrogens (tertiary/aromatic N) is 3. The van der Waals surface area contributed by atoms with Crippen molar-refractivity contribution >= 4 is 49.8 Å². The zero-order chi connectivity index (χ0) is 29.1. The summed E-state index contributed by atoms with van der Waals surface area (Å²) in [6, 6.07) is 22.5. The average molecular weight is 580 g/mol. The topological polar surface area (TPSA) is 112 Å². The monoisotopic (exact) mass is 579 g/mol. The highest BCUT2D eigenvalue weighted by atomic mass is 32.2. The summed E-state index contributed by atoms with van der Waals surface area (Å²) in [5, 5.41) is 3.67. The van der Waals surface area contributed by atoms with Gasteiger partial charge in [0.2, 0.25) is 0 Å². The highest BCUT2D eigenvalue weighted by molar-refractivity contribution is 7.93. The largest absolute Gasteiger partial charge is 0.335 e. The maximum atomic E-state index is 13.1. The molecule has 9 nitrogen and oxygen atoms in total. The standard InChI is InChI=1S/C32H29N5O4S/c38-31(26-12-16-28(17-13-26)35-42(40,41)29-9-3-7-25-8-4-18-33-30(25)29)36-19-21-37(22-20-36)32(39)34-27-14-10-24(11-15-27)23-5-1-2-6-23/h1-5,7-18,35H,6,19-22H2,(H,34,39). The third kappa shape index (κ3) is 5.75. The number of hydrogen-bond acceptors (Lipinski definition) is 5. The van der Waals surface area contributed by atoms with Crippen molar-refractivity contribution in [1.82, 2.24) is 14.8 Å². The molecule has 4 aromatic rings. The molecule has 1 aliphatic carbocycles. The Morgan fingerprint density at radius 2 is 1.48 bits per heavy atom. The first-order valence-electron chi connectivity index (χ1n) is 13.7. The molecule has 0 unspecified atom stereocenters. The van der Waals surface area contributed by atoms with Crippen LogP contribution in [0.4, 0.5) is 16.2 Å². The van der Waals surface area contributed by atoms with Gasteiger partial charge in [0.15, 0.2) is 0 Å². The summed E-state index contributed by atoms with van der Waals surface area (Å²) in [6.07, 6.45) is 8.72. The molecule has 0 radical (unpaired) electrons. The van der Waals surface area contributed by atoms with E-state index in [-0.39, 0.29) is 16.8 Å². The number of carbonyl (C=O) groups is 2. The number of rotatable bonds is 6. The van der Waals surface area contributed by atoms with Crippen molar-refractivity contribution in [3.05, 3.63) is 114 Å². The van der Waals surface area contributed by atoms with Crippen molar-refractivity contribution in [2.24, 2.45) is 0 Å². The van der Waals surface area contributed by atoms with Crippen LogP contribution in [0, 0.1) is 0 Å². The lowest BCUT2D eigenvalue weighted by Crippen LogP contribution is -2.51. The Balaban J connectivity index is 1.03. The molecule has 1 aliphatic heterocycles. The molecule has 0 spiro atoms. The normalized spacial score (nSPS) is 15.0. The molecule has 6 rings (SSSR count). The molecule has 212 valence electrons. The van der Waals surface area contributed by atoms with Crippen LogP contribution >= 0.6 is 0 Å². The van der Waals surface area contributed by atoms with Gasteiger partial charge in [0.25, 0.3) is 15.9 Å². The molecule has 2 aliphatic rings. The average Bonchev–Trinajstić information content (AvgIpc) is 3.56. The summed E-state index contributed by atoms with van der Waals surface area (Å²) in [4.78, 5) is 33.6. The van der Waals surface area contributed by atoms with E-state index in [4.69, 9.17) is 0 Å². The highest BCUT2D eigenvalue weighted by Gasteiger charge is 2.25. The minimum Gasteiger partial charge on any atom is -0.335 e. The summed E-state index contributed by atoms with van der Waals surface area (Å²) in [6.45, 7) is 1.61. The van der Waals surface area contributed by atoms with Gasteiger partial charge in [-0.25, -0.2) is 13.2 Å². The first kappa shape index (κ1) is 27.2. The second-order valence-electron chi connectivity index (χ2n) is 10.1. The van der Waals surface area contributed by atoms with Gasteiger partial charge in [-0.15, -0.1) is 0 Å². The van der Waals surface area contributed by atoms with Crippen LogP contribution in [0.3, 0.4) is 0 Å². The summed E-state index contributed by atoms with van der Waals surface area (Å²) in [7, 11) is -3.89. The number of piperazine rings is 1. The van der Waals surface area contributed by atoms with Gasteiger partial charge in [-0.3, -0.25) is 14.5 Å². The van der Waals surface area contributed by atoms with Crippen LogP contribution in [0.1, 0.15) is 22.3 Å². The number of sulfonamides is 1. The Morgan fingerprint density at radius 3 is 2.19 bits per heavy atom. The number of pyridine rings is 1. The Labute approximate surface area is 244 Å². The van der Waals surface area contributed by atoms with Gasteiger partial charge in [0, 0.05) is 54.7 Å². The first-order valence-corrected chi connectivity index (χ1v) is 15.1. The van der Waals surface area contributed by atoms with Crippen LogP contribution < -0.4 is 10.0 Å². The van der Waals surface area contributed by atoms with Crippen molar-refractivity contribution in [3.8, 4) is 0 Å². The number of urea groups is 1. The number of amides is 3. The number of aromatic nitrogens is 1. The number of nitrogens with one attached hydrogen (secondary N) is 2. The highest BCUT2D eigenvalue weighted by Crippen LogP contribution is 2.25. The van der Waals surface area contributed by atoms with Gasteiger partial charge in [-0.05, 0) is 66.1 Å². The van der Waals surface area contributed by atoms with E-state index in [0.29, 0.717) is 42.9 Å². The van der Waals surface area contributed by atoms with E-state index >= 15 is 0 Å². The van der Waals surface area contributed by atoms with E-state index in [1.807, 2.05) is 30.3 Å². The molecule has 1 aromatic heterocycles. The Kier molecular flexibility index (Phi) is 7.45. The van der Waals surface area contributed by atoms with Crippen LogP contribution in [0.25, 0.3) is 16.5 Å². The molecule has 3 amide bonds. The molecule has 1 saturated heterocycles. The van der Waals surface area contributed by atoms with Crippen LogP contribution in [-0.4, -0.2) is 61.3 Å². The number of hydrogen-bond donors (Lipinski definition) is 2. The third-order valence-corrected chi connectivity index (χ3v) is 8.81. The number of carbonyl (C=O) groups excluding carboxylic acids is 2. The van der Waals surface area contributed by atoms with Crippen LogP contribution in [-0.2, 0) is 10.0 Å². The third-order valence-electron chi connectivity index (χ3n) is 7.40. The fourth-order valence-corrected chi connectivity index (χ4v) is 6.35. The molecule has 2 heterocycles. The molecule has 42 heavy (non-hydrogen) atoms. The predicted molar refractivity (Wildman–Crippen MR) is 164 cm³/mol. The zero-order valence-electron chi connectivity index (χ0n) is 22.7. The summed E-state index contributed by atoms with van der Waals surface area (Å²) in [5.74, 6) is -0.172. The van der Waals surface area contributed by atoms with Gasteiger partial charge in [0.1, 0.15) is 4.90 Å². The second-order valence-corrected chi connectivity index (χ2v) is 11.8. The predicted octanol–water partition coefficient (Wildman–Crippen LogP) is 5.37. The van der Waals surface area contributed by atoms with E-state index in [1.165, 1.54) is 11.6 Å². The van der Waals surface area contributed by atoms with Crippen LogP contribution in [0.15, 0.2) is 108 Å². The van der Waals surface area contributed by atoms with Crippen molar-refractivity contribution in [1.29, 1.82) is 0 Å².